The predicted octanol–water partition coefficient (Wildman–Crippen LogP) is -6.51. The Morgan fingerprint density at radius 3 is 1.98 bits per heavy atom. The minimum atomic E-state index is -1.74. The molecule has 1 aromatic rings. The normalized spacial score (nSPS) is 47.6. The SMILES string of the molecule is C[C@H]1O[C@H](O[C@H]2[C@H](O[C@@H]3O[C@H](C(=O)NCc4ccccc4)[C@@H](O[C@H]4O[C@@H](CN)[C@@H](O)[C@H](O)[C@H]4N)[C@H]3O)[C@@H](O)[C@H](N)C[C@@H]2N)[C@H](N)[C@@H](O)[C@@H]1O. The molecule has 0 spiro atoms. The van der Waals surface area contributed by atoms with Crippen molar-refractivity contribution < 1.29 is 63.9 Å². The number of carbonyl (C=O) groups excluding carboxylic acids is 1. The van der Waals surface area contributed by atoms with Crippen molar-refractivity contribution in [3.63, 3.8) is 0 Å². The molecular weight excluding hydrogens is 652 g/mol. The van der Waals surface area contributed by atoms with E-state index in [1.165, 1.54) is 6.92 Å². The van der Waals surface area contributed by atoms with Gasteiger partial charge in [0.15, 0.2) is 25.0 Å². The number of amides is 1. The number of carbonyl (C=O) groups is 1. The lowest BCUT2D eigenvalue weighted by Crippen LogP contribution is -2.67. The minimum Gasteiger partial charge on any atom is -0.389 e. The fourth-order valence-electron chi connectivity index (χ4n) is 6.51. The van der Waals surface area contributed by atoms with Crippen molar-refractivity contribution in [2.45, 2.75) is 136 Å². The molecule has 1 amide bonds. The van der Waals surface area contributed by atoms with E-state index in [-0.39, 0.29) is 19.5 Å². The summed E-state index contributed by atoms with van der Waals surface area (Å²) in [7, 11) is 0. The molecule has 0 bridgehead atoms. The number of hydrogen-bond donors (Lipinski definition) is 12. The highest BCUT2D eigenvalue weighted by atomic mass is 16.8. The maximum Gasteiger partial charge on any atom is 0.252 e. The molecule has 17 N–H and O–H groups in total. The summed E-state index contributed by atoms with van der Waals surface area (Å²) < 4.78 is 35.4. The molecule has 0 radical (unpaired) electrons. The van der Waals surface area contributed by atoms with Gasteiger partial charge in [0.05, 0.1) is 24.3 Å². The molecule has 1 aromatic carbocycles. The third-order valence-corrected chi connectivity index (χ3v) is 9.57. The lowest BCUT2D eigenvalue weighted by molar-refractivity contribution is -0.305. The van der Waals surface area contributed by atoms with Crippen LogP contribution in [0.2, 0.25) is 0 Å². The second-order valence-corrected chi connectivity index (χ2v) is 13.1. The molecule has 19 nitrogen and oxygen atoms in total. The topological polar surface area (TPSA) is 336 Å². The number of aliphatic hydroxyl groups is 6. The van der Waals surface area contributed by atoms with E-state index in [9.17, 15) is 35.4 Å². The second kappa shape index (κ2) is 16.1. The van der Waals surface area contributed by atoms with E-state index in [2.05, 4.69) is 5.32 Å². The summed E-state index contributed by atoms with van der Waals surface area (Å²) in [6.45, 7) is 1.40. The average Bonchev–Trinajstić information content (AvgIpc) is 3.39. The zero-order valence-corrected chi connectivity index (χ0v) is 26.9. The van der Waals surface area contributed by atoms with E-state index < -0.39 is 122 Å². The minimum absolute atomic E-state index is 0.0755. The summed E-state index contributed by atoms with van der Waals surface area (Å²) >= 11 is 0. The molecule has 49 heavy (non-hydrogen) atoms. The van der Waals surface area contributed by atoms with Crippen LogP contribution in [0.4, 0.5) is 0 Å². The number of aliphatic hydroxyl groups excluding tert-OH is 6. The van der Waals surface area contributed by atoms with Gasteiger partial charge in [-0.2, -0.15) is 0 Å². The fourth-order valence-corrected chi connectivity index (χ4v) is 6.51. The Balaban J connectivity index is 1.37. The van der Waals surface area contributed by atoms with E-state index in [1.54, 1.807) is 24.3 Å². The monoisotopic (exact) mass is 702 g/mol. The summed E-state index contributed by atoms with van der Waals surface area (Å²) in [5.74, 6) is -0.715. The number of ether oxygens (including phenoxy) is 6. The van der Waals surface area contributed by atoms with Gasteiger partial charge in [-0.15, -0.1) is 0 Å². The van der Waals surface area contributed by atoms with E-state index in [1.807, 2.05) is 6.07 Å². The first kappa shape index (κ1) is 38.2. The van der Waals surface area contributed by atoms with Gasteiger partial charge in [0.25, 0.3) is 5.91 Å². The lowest BCUT2D eigenvalue weighted by Gasteiger charge is -2.47. The molecule has 1 saturated carbocycles. The van der Waals surface area contributed by atoms with E-state index in [0.717, 1.165) is 5.56 Å². The Morgan fingerprint density at radius 1 is 0.735 bits per heavy atom. The van der Waals surface area contributed by atoms with E-state index >= 15 is 0 Å². The van der Waals surface area contributed by atoms with Crippen LogP contribution in [0, 0.1) is 0 Å². The van der Waals surface area contributed by atoms with Gasteiger partial charge in [0, 0.05) is 25.2 Å². The van der Waals surface area contributed by atoms with Gasteiger partial charge in [-0.1, -0.05) is 30.3 Å². The molecule has 0 aromatic heterocycles. The van der Waals surface area contributed by atoms with Crippen LogP contribution in [-0.2, 0) is 39.8 Å². The molecule has 4 aliphatic rings. The van der Waals surface area contributed by atoms with Crippen LogP contribution >= 0.6 is 0 Å². The molecule has 4 fully saturated rings. The highest BCUT2D eigenvalue weighted by Gasteiger charge is 2.55. The molecule has 3 saturated heterocycles. The van der Waals surface area contributed by atoms with Crippen LogP contribution in [0.15, 0.2) is 30.3 Å². The quantitative estimate of drug-likeness (QED) is 0.108. The van der Waals surface area contributed by atoms with Crippen LogP contribution in [0.1, 0.15) is 18.9 Å². The number of hydrogen-bond acceptors (Lipinski definition) is 18. The van der Waals surface area contributed by atoms with Crippen LogP contribution in [0.5, 0.6) is 0 Å². The average molecular weight is 703 g/mol. The van der Waals surface area contributed by atoms with Crippen LogP contribution in [-0.4, -0.2) is 159 Å². The van der Waals surface area contributed by atoms with Crippen LogP contribution in [0.25, 0.3) is 0 Å². The van der Waals surface area contributed by atoms with Gasteiger partial charge in [-0.3, -0.25) is 4.79 Å². The van der Waals surface area contributed by atoms with Gasteiger partial charge >= 0.3 is 0 Å². The van der Waals surface area contributed by atoms with Crippen molar-refractivity contribution >= 4 is 5.91 Å². The Hall–Kier alpha value is -1.99. The Kier molecular flexibility index (Phi) is 12.6. The highest BCUT2D eigenvalue weighted by Crippen LogP contribution is 2.34. The number of rotatable bonds is 10. The first-order chi connectivity index (χ1) is 23.2. The summed E-state index contributed by atoms with van der Waals surface area (Å²) in [5.41, 5.74) is 31.2. The molecule has 19 heteroatoms. The molecular formula is C30H50N6O13. The standard InChI is InChI=1S/C30H50N6O13/c1-10-17(37)20(40)15(34)28(44-10)46-23-13(33)7-12(32)18(38)24(23)48-30-22(42)25(47-29-16(35)21(41)19(39)14(8-31)45-29)26(49-30)27(43)36-9-11-5-3-2-4-6-11/h2-6,10,12-26,28-30,37-42H,7-9,31-35H2,1H3,(H,36,43)/t10-,12-,13+,14+,15-,16-,17-,18+,19-,20-,21-,22-,23-,24-,25+,26+,28-,29-,30-/m1/s1. The molecule has 278 valence electrons. The van der Waals surface area contributed by atoms with Gasteiger partial charge in [-0.05, 0) is 18.9 Å². The van der Waals surface area contributed by atoms with Crippen molar-refractivity contribution in [1.82, 2.24) is 5.32 Å². The van der Waals surface area contributed by atoms with Crippen molar-refractivity contribution in [2.75, 3.05) is 6.54 Å². The molecule has 0 unspecified atom stereocenters. The van der Waals surface area contributed by atoms with Gasteiger partial charge in [-0.25, -0.2) is 0 Å². The second-order valence-electron chi connectivity index (χ2n) is 13.1. The fraction of sp³-hybridized carbons (Fsp3) is 0.767. The zero-order chi connectivity index (χ0) is 35.7. The molecule has 3 heterocycles. The zero-order valence-electron chi connectivity index (χ0n) is 26.9. The molecule has 5 rings (SSSR count). The smallest absolute Gasteiger partial charge is 0.252 e. The largest absolute Gasteiger partial charge is 0.389 e. The van der Waals surface area contributed by atoms with Gasteiger partial charge < -0.3 is 93.0 Å². The van der Waals surface area contributed by atoms with Crippen molar-refractivity contribution in [3.8, 4) is 0 Å². The summed E-state index contributed by atoms with van der Waals surface area (Å²) in [6.07, 6.45) is -20.7. The summed E-state index contributed by atoms with van der Waals surface area (Å²) in [4.78, 5) is 13.5. The number of benzene rings is 1. The van der Waals surface area contributed by atoms with Gasteiger partial charge in [0.2, 0.25) is 0 Å². The third-order valence-electron chi connectivity index (χ3n) is 9.57. The predicted molar refractivity (Wildman–Crippen MR) is 166 cm³/mol. The first-order valence-corrected chi connectivity index (χ1v) is 16.3. The maximum atomic E-state index is 13.5. The first-order valence-electron chi connectivity index (χ1n) is 16.3. The Morgan fingerprint density at radius 2 is 1.33 bits per heavy atom. The Bertz CT molecular complexity index is 1230. The van der Waals surface area contributed by atoms with Crippen molar-refractivity contribution in [3.05, 3.63) is 35.9 Å². The molecule has 19 atom stereocenters. The summed E-state index contributed by atoms with van der Waals surface area (Å²) in [5, 5.41) is 66.8. The van der Waals surface area contributed by atoms with Gasteiger partial charge in [0.1, 0.15) is 54.9 Å². The summed E-state index contributed by atoms with van der Waals surface area (Å²) in [6, 6.07) is 4.68. The molecule has 3 aliphatic heterocycles. The number of nitrogens with one attached hydrogen (secondary N) is 1. The van der Waals surface area contributed by atoms with Crippen LogP contribution < -0.4 is 34.0 Å². The third kappa shape index (κ3) is 8.08. The van der Waals surface area contributed by atoms with Crippen molar-refractivity contribution in [2.24, 2.45) is 28.7 Å². The lowest BCUT2D eigenvalue weighted by atomic mass is 9.84. The van der Waals surface area contributed by atoms with E-state index in [0.29, 0.717) is 0 Å². The Labute approximate surface area is 282 Å². The maximum absolute atomic E-state index is 13.5. The molecule has 1 aliphatic carbocycles. The van der Waals surface area contributed by atoms with Crippen LogP contribution in [0.3, 0.4) is 0 Å². The van der Waals surface area contributed by atoms with E-state index in [4.69, 9.17) is 57.1 Å². The number of nitrogens with two attached hydrogens (primary N) is 5. The highest BCUT2D eigenvalue weighted by molar-refractivity contribution is 5.82. The van der Waals surface area contributed by atoms with Crippen molar-refractivity contribution in [1.29, 1.82) is 0 Å².